The van der Waals surface area contributed by atoms with Gasteiger partial charge in [-0.3, -0.25) is 9.59 Å². The Morgan fingerprint density at radius 1 is 0.911 bits per heavy atom. The minimum Gasteiger partial charge on any atom is -0.481 e. The number of hydrogen-bond acceptors (Lipinski definition) is 6. The van der Waals surface area contributed by atoms with Gasteiger partial charge in [0.1, 0.15) is 0 Å². The fraction of sp³-hybridized carbons (Fsp3) is 0.405. The van der Waals surface area contributed by atoms with Crippen LogP contribution in [0.1, 0.15) is 79.6 Å². The van der Waals surface area contributed by atoms with E-state index < -0.39 is 12.3 Å². The van der Waals surface area contributed by atoms with Crippen molar-refractivity contribution in [2.75, 3.05) is 20.1 Å². The van der Waals surface area contributed by atoms with Gasteiger partial charge in [0.15, 0.2) is 6.29 Å². The molecule has 0 spiro atoms. The van der Waals surface area contributed by atoms with Crippen LogP contribution in [0.5, 0.6) is 0 Å². The number of amides is 1. The summed E-state index contributed by atoms with van der Waals surface area (Å²) in [6.45, 7) is 5.82. The van der Waals surface area contributed by atoms with Gasteiger partial charge in [0, 0.05) is 44.5 Å². The third-order valence-corrected chi connectivity index (χ3v) is 8.02. The lowest BCUT2D eigenvalue weighted by molar-refractivity contribution is -0.252. The summed E-state index contributed by atoms with van der Waals surface area (Å²) in [6.07, 6.45) is 5.56. The van der Waals surface area contributed by atoms with Gasteiger partial charge in [-0.05, 0) is 59.8 Å². The van der Waals surface area contributed by atoms with E-state index in [2.05, 4.69) is 48.1 Å². The van der Waals surface area contributed by atoms with Gasteiger partial charge < -0.3 is 29.9 Å². The van der Waals surface area contributed by atoms with Crippen LogP contribution in [0.15, 0.2) is 85.5 Å². The number of benzene rings is 3. The van der Waals surface area contributed by atoms with Crippen molar-refractivity contribution in [2.45, 2.75) is 76.6 Å². The van der Waals surface area contributed by atoms with Crippen molar-refractivity contribution in [1.29, 1.82) is 0 Å². The number of carboxylic acids is 1. The molecule has 240 valence electrons. The monoisotopic (exact) mass is 614 g/mol. The molecule has 8 heteroatoms. The quantitative estimate of drug-likeness (QED) is 0.117. The molecule has 0 aliphatic carbocycles. The average molecular weight is 615 g/mol. The number of likely N-dealkylation sites (N-methyl/N-ethyl adjacent to an activating group) is 1. The Bertz CT molecular complexity index is 1390. The van der Waals surface area contributed by atoms with Gasteiger partial charge in [-0.2, -0.15) is 0 Å². The number of nitrogens with zero attached hydrogens (tertiary/aromatic N) is 1. The van der Waals surface area contributed by atoms with Crippen LogP contribution in [0.4, 0.5) is 0 Å². The van der Waals surface area contributed by atoms with Crippen LogP contribution in [0.2, 0.25) is 0 Å². The first-order valence-corrected chi connectivity index (χ1v) is 15.8. The predicted octanol–water partition coefficient (Wildman–Crippen LogP) is 6.55. The second-order valence-electron chi connectivity index (χ2n) is 11.8. The summed E-state index contributed by atoms with van der Waals surface area (Å²) in [5.74, 6) is -0.773. The number of aliphatic hydroxyl groups is 1. The Hall–Kier alpha value is -3.82. The maximum Gasteiger partial charge on any atom is 0.303 e. The molecular weight excluding hydrogens is 568 g/mol. The first-order valence-electron chi connectivity index (χ1n) is 15.8. The summed E-state index contributed by atoms with van der Waals surface area (Å²) in [5, 5.41) is 21.2. The number of ether oxygens (including phenoxy) is 2. The van der Waals surface area contributed by atoms with E-state index in [4.69, 9.17) is 14.6 Å². The minimum atomic E-state index is -0.774. The molecule has 3 N–H and O–H groups in total. The number of rotatable bonds is 17. The lowest BCUT2D eigenvalue weighted by Crippen LogP contribution is -2.37. The van der Waals surface area contributed by atoms with Crippen molar-refractivity contribution in [1.82, 2.24) is 10.2 Å². The smallest absolute Gasteiger partial charge is 0.303 e. The highest BCUT2D eigenvalue weighted by Gasteiger charge is 2.32. The molecule has 3 aromatic carbocycles. The second kappa shape index (κ2) is 17.6. The highest BCUT2D eigenvalue weighted by atomic mass is 16.7. The van der Waals surface area contributed by atoms with Crippen LogP contribution in [0.25, 0.3) is 11.1 Å². The van der Waals surface area contributed by atoms with Crippen molar-refractivity contribution in [3.05, 3.63) is 108 Å². The number of nitrogens with one attached hydrogen (secondary N) is 1. The molecule has 0 saturated carbocycles. The van der Waals surface area contributed by atoms with Crippen LogP contribution in [0.3, 0.4) is 0 Å². The number of hydrogen-bond donors (Lipinski definition) is 3. The van der Waals surface area contributed by atoms with Gasteiger partial charge in [0.25, 0.3) is 0 Å². The normalized spacial score (nSPS) is 18.1. The predicted molar refractivity (Wildman–Crippen MR) is 175 cm³/mol. The van der Waals surface area contributed by atoms with E-state index in [9.17, 15) is 14.7 Å². The number of carbonyl (C=O) groups excluding carboxylic acids is 1. The highest BCUT2D eigenvalue weighted by Crippen LogP contribution is 2.39. The maximum atomic E-state index is 12.4. The van der Waals surface area contributed by atoms with Crippen molar-refractivity contribution in [3.63, 3.8) is 0 Å². The molecule has 1 heterocycles. The summed E-state index contributed by atoms with van der Waals surface area (Å²) in [7, 11) is 2.06. The molecule has 0 radical (unpaired) electrons. The van der Waals surface area contributed by atoms with Crippen LogP contribution < -0.4 is 5.32 Å². The lowest BCUT2D eigenvalue weighted by atomic mass is 9.98. The number of carboxylic acid groups (broad SMARTS) is 1. The molecule has 8 nitrogen and oxygen atoms in total. The van der Waals surface area contributed by atoms with Gasteiger partial charge >= 0.3 is 5.97 Å². The van der Waals surface area contributed by atoms with E-state index >= 15 is 0 Å². The van der Waals surface area contributed by atoms with Gasteiger partial charge in [-0.1, -0.05) is 79.6 Å². The SMILES string of the molecule is C=CCN(C)CC1CC(c2ccc(CO)cc2)OC(c2cccc(-c3cccc(CNC(=O)CCCCCCC(=O)O)c3)c2)O1. The summed E-state index contributed by atoms with van der Waals surface area (Å²) in [5.41, 5.74) is 5.93. The van der Waals surface area contributed by atoms with E-state index in [1.807, 2.05) is 54.6 Å². The van der Waals surface area contributed by atoms with E-state index in [-0.39, 0.29) is 31.1 Å². The molecule has 1 aliphatic rings. The fourth-order valence-corrected chi connectivity index (χ4v) is 5.61. The second-order valence-corrected chi connectivity index (χ2v) is 11.8. The molecule has 0 aromatic heterocycles. The van der Waals surface area contributed by atoms with E-state index in [1.54, 1.807) is 0 Å². The Balaban J connectivity index is 1.41. The van der Waals surface area contributed by atoms with E-state index in [1.165, 1.54) is 0 Å². The zero-order valence-electron chi connectivity index (χ0n) is 26.2. The third kappa shape index (κ3) is 10.9. The molecule has 3 aromatic rings. The van der Waals surface area contributed by atoms with Crippen LogP contribution in [0, 0.1) is 0 Å². The summed E-state index contributed by atoms with van der Waals surface area (Å²) in [4.78, 5) is 25.2. The van der Waals surface area contributed by atoms with E-state index in [0.717, 1.165) is 65.7 Å². The maximum absolute atomic E-state index is 12.4. The molecule has 1 amide bonds. The van der Waals surface area contributed by atoms with Gasteiger partial charge in [0.2, 0.25) is 5.91 Å². The lowest BCUT2D eigenvalue weighted by Gasteiger charge is -2.37. The van der Waals surface area contributed by atoms with Crippen LogP contribution >= 0.6 is 0 Å². The molecule has 3 atom stereocenters. The van der Waals surface area contributed by atoms with Crippen molar-refractivity contribution >= 4 is 11.9 Å². The van der Waals surface area contributed by atoms with E-state index in [0.29, 0.717) is 25.8 Å². The van der Waals surface area contributed by atoms with Gasteiger partial charge in [-0.25, -0.2) is 0 Å². The van der Waals surface area contributed by atoms with Gasteiger partial charge in [0.05, 0.1) is 18.8 Å². The summed E-state index contributed by atoms with van der Waals surface area (Å²) >= 11 is 0. The molecule has 1 aliphatic heterocycles. The van der Waals surface area contributed by atoms with Gasteiger partial charge in [-0.15, -0.1) is 6.58 Å². The first-order chi connectivity index (χ1) is 21.8. The van der Waals surface area contributed by atoms with Crippen molar-refractivity contribution < 1.29 is 29.3 Å². The average Bonchev–Trinajstić information content (AvgIpc) is 3.05. The fourth-order valence-electron chi connectivity index (χ4n) is 5.61. The highest BCUT2D eigenvalue weighted by molar-refractivity contribution is 5.76. The molecule has 0 bridgehead atoms. The molecule has 1 saturated heterocycles. The number of aliphatic hydroxyl groups excluding tert-OH is 1. The Labute approximate surface area is 266 Å². The zero-order valence-corrected chi connectivity index (χ0v) is 26.2. The zero-order chi connectivity index (χ0) is 32.0. The molecule has 1 fully saturated rings. The number of carbonyl (C=O) groups is 2. The van der Waals surface area contributed by atoms with Crippen LogP contribution in [-0.2, 0) is 32.2 Å². The largest absolute Gasteiger partial charge is 0.481 e. The molecule has 45 heavy (non-hydrogen) atoms. The first kappa shape index (κ1) is 34.1. The third-order valence-electron chi connectivity index (χ3n) is 8.02. The molecular formula is C37H46N2O6. The topological polar surface area (TPSA) is 108 Å². The summed E-state index contributed by atoms with van der Waals surface area (Å²) < 4.78 is 13.1. The molecule has 4 rings (SSSR count). The van der Waals surface area contributed by atoms with Crippen LogP contribution in [-0.4, -0.2) is 53.2 Å². The minimum absolute atomic E-state index is 0.000996. The number of unbranched alkanes of at least 4 members (excludes halogenated alkanes) is 3. The standard InChI is InChI=1S/C37H46N2O6/c1-3-20-39(2)25-33-23-34(29-18-16-27(26-40)17-19-29)45-37(44-33)32-13-9-12-31(22-32)30-11-8-10-28(21-30)24-38-35(41)14-6-4-5-7-15-36(42)43/h3,8-13,16-19,21-22,33-34,37,40H,1,4-7,14-15,20,23-26H2,2H3,(H,38,41)(H,42,43). The number of aliphatic carboxylic acids is 1. The Kier molecular flexibility index (Phi) is 13.3. The van der Waals surface area contributed by atoms with Crippen molar-refractivity contribution in [2.24, 2.45) is 0 Å². The molecule has 3 unspecified atom stereocenters. The Morgan fingerprint density at radius 3 is 2.33 bits per heavy atom. The Morgan fingerprint density at radius 2 is 1.62 bits per heavy atom. The van der Waals surface area contributed by atoms with Crippen molar-refractivity contribution in [3.8, 4) is 11.1 Å². The summed E-state index contributed by atoms with van der Waals surface area (Å²) in [6, 6.07) is 24.3.